The molecule has 1 amide bonds. The molecule has 1 aromatic carbocycles. The average Bonchev–Trinajstić information content (AvgIpc) is 3.24. The number of methoxy groups -OCH3 is 1. The Morgan fingerprint density at radius 2 is 2.00 bits per heavy atom. The van der Waals surface area contributed by atoms with Crippen molar-refractivity contribution in [1.29, 1.82) is 0 Å². The van der Waals surface area contributed by atoms with E-state index in [1.807, 2.05) is 37.4 Å². The highest BCUT2D eigenvalue weighted by molar-refractivity contribution is 7.14. The third-order valence-corrected chi connectivity index (χ3v) is 6.12. The third kappa shape index (κ3) is 4.09. The second kappa shape index (κ2) is 7.75. The number of rotatable bonds is 5. The van der Waals surface area contributed by atoms with Gasteiger partial charge in [0.05, 0.1) is 17.8 Å². The molecule has 3 aromatic rings. The molecule has 0 aliphatic heterocycles. The fourth-order valence-electron chi connectivity index (χ4n) is 3.01. The lowest BCUT2D eigenvalue weighted by Crippen LogP contribution is -2.43. The van der Waals surface area contributed by atoms with Crippen LogP contribution in [-0.4, -0.2) is 35.0 Å². The van der Waals surface area contributed by atoms with E-state index in [2.05, 4.69) is 36.1 Å². The highest BCUT2D eigenvalue weighted by Gasteiger charge is 2.27. The smallest absolute Gasteiger partial charge is 0.328 e. The van der Waals surface area contributed by atoms with E-state index in [0.29, 0.717) is 17.0 Å². The molecule has 0 saturated heterocycles. The Hall–Kier alpha value is -2.67. The second-order valence-corrected chi connectivity index (χ2v) is 8.80. The molecule has 148 valence electrons. The van der Waals surface area contributed by atoms with Crippen LogP contribution in [0.25, 0.3) is 10.9 Å². The van der Waals surface area contributed by atoms with Crippen LogP contribution in [0.3, 0.4) is 0 Å². The molecule has 2 N–H and O–H groups in total. The van der Waals surface area contributed by atoms with Gasteiger partial charge in [-0.05, 0) is 18.6 Å². The summed E-state index contributed by atoms with van der Waals surface area (Å²) in [5.74, 6) is -0.780. The largest absolute Gasteiger partial charge is 0.467 e. The number of para-hydroxylation sites is 1. The molecule has 0 fully saturated rings. The molecule has 0 bridgehead atoms. The van der Waals surface area contributed by atoms with Gasteiger partial charge in [-0.3, -0.25) is 4.79 Å². The number of hydrogen-bond donors (Lipinski definition) is 2. The maximum Gasteiger partial charge on any atom is 0.328 e. The lowest BCUT2D eigenvalue weighted by Gasteiger charge is -2.16. The van der Waals surface area contributed by atoms with E-state index in [1.165, 1.54) is 18.4 Å². The van der Waals surface area contributed by atoms with Crippen molar-refractivity contribution in [2.24, 2.45) is 0 Å². The van der Waals surface area contributed by atoms with Crippen LogP contribution >= 0.6 is 11.3 Å². The first kappa shape index (κ1) is 20.1. The maximum absolute atomic E-state index is 12.9. The summed E-state index contributed by atoms with van der Waals surface area (Å²) >= 11 is 1.36. The van der Waals surface area contributed by atoms with E-state index in [9.17, 15) is 9.59 Å². The first-order valence-electron chi connectivity index (χ1n) is 9.12. The van der Waals surface area contributed by atoms with Crippen molar-refractivity contribution in [3.8, 4) is 0 Å². The molecule has 7 heteroatoms. The quantitative estimate of drug-likeness (QED) is 0.640. The zero-order valence-electron chi connectivity index (χ0n) is 16.8. The Kier molecular flexibility index (Phi) is 5.56. The van der Waals surface area contributed by atoms with Gasteiger partial charge in [0.15, 0.2) is 0 Å². The molecule has 0 aliphatic rings. The number of esters is 1. The molecule has 2 heterocycles. The number of aromatic nitrogens is 2. The van der Waals surface area contributed by atoms with Gasteiger partial charge in [0, 0.05) is 28.9 Å². The van der Waals surface area contributed by atoms with Crippen molar-refractivity contribution >= 4 is 34.1 Å². The molecule has 0 spiro atoms. The van der Waals surface area contributed by atoms with E-state index in [4.69, 9.17) is 4.74 Å². The van der Waals surface area contributed by atoms with Crippen molar-refractivity contribution in [2.45, 2.75) is 45.6 Å². The molecular weight excluding hydrogens is 374 g/mol. The fraction of sp³-hybridized carbons (Fsp3) is 0.381. The number of nitrogens with one attached hydrogen (secondary N) is 2. The molecule has 0 aliphatic carbocycles. The zero-order valence-corrected chi connectivity index (χ0v) is 17.6. The summed E-state index contributed by atoms with van der Waals surface area (Å²) in [4.78, 5) is 33.4. The molecule has 6 nitrogen and oxygen atoms in total. The first-order valence-corrected chi connectivity index (χ1v) is 9.94. The van der Waals surface area contributed by atoms with Crippen LogP contribution in [0, 0.1) is 6.92 Å². The standard InChI is InChI=1S/C21H25N3O3S/c1-12-17(28-20(23-12)21(2,3)4)18(25)24-16(19(26)27-5)10-13-11-22-15-9-7-6-8-14(13)15/h6-9,11,16,22H,10H2,1-5H3,(H,24,25)/t16-/m1/s1. The monoisotopic (exact) mass is 399 g/mol. The number of carbonyl (C=O) groups excluding carboxylic acids is 2. The molecule has 0 radical (unpaired) electrons. The normalized spacial score (nSPS) is 12.8. The average molecular weight is 400 g/mol. The zero-order chi connectivity index (χ0) is 20.5. The molecular formula is C21H25N3O3S. The third-order valence-electron chi connectivity index (χ3n) is 4.53. The minimum atomic E-state index is -0.781. The van der Waals surface area contributed by atoms with Crippen molar-refractivity contribution in [1.82, 2.24) is 15.3 Å². The van der Waals surface area contributed by atoms with Crippen molar-refractivity contribution in [2.75, 3.05) is 7.11 Å². The summed E-state index contributed by atoms with van der Waals surface area (Å²) in [5, 5.41) is 4.75. The Morgan fingerprint density at radius 1 is 1.29 bits per heavy atom. The van der Waals surface area contributed by atoms with Gasteiger partial charge in [0.2, 0.25) is 0 Å². The van der Waals surface area contributed by atoms with Gasteiger partial charge in [-0.15, -0.1) is 11.3 Å². The number of carbonyl (C=O) groups is 2. The van der Waals surface area contributed by atoms with Crippen LogP contribution in [-0.2, 0) is 21.4 Å². The summed E-state index contributed by atoms with van der Waals surface area (Å²) in [7, 11) is 1.33. The van der Waals surface area contributed by atoms with Crippen LogP contribution in [0.1, 0.15) is 46.7 Å². The predicted octanol–water partition coefficient (Wildman–Crippen LogP) is 3.74. The number of H-pyrrole nitrogens is 1. The lowest BCUT2D eigenvalue weighted by molar-refractivity contribution is -0.142. The van der Waals surface area contributed by atoms with Gasteiger partial charge in [0.25, 0.3) is 5.91 Å². The van der Waals surface area contributed by atoms with Crippen molar-refractivity contribution in [3.63, 3.8) is 0 Å². The van der Waals surface area contributed by atoms with E-state index >= 15 is 0 Å². The lowest BCUT2D eigenvalue weighted by atomic mass is 9.98. The Labute approximate surface area is 168 Å². The van der Waals surface area contributed by atoms with Gasteiger partial charge < -0.3 is 15.0 Å². The van der Waals surface area contributed by atoms with Crippen molar-refractivity contribution < 1.29 is 14.3 Å². The van der Waals surface area contributed by atoms with Gasteiger partial charge in [-0.2, -0.15) is 0 Å². The Morgan fingerprint density at radius 3 is 2.64 bits per heavy atom. The molecule has 0 saturated carbocycles. The molecule has 2 aromatic heterocycles. The van der Waals surface area contributed by atoms with E-state index in [-0.39, 0.29) is 11.3 Å². The molecule has 3 rings (SSSR count). The van der Waals surface area contributed by atoms with Gasteiger partial charge in [0.1, 0.15) is 10.9 Å². The number of amides is 1. The first-order chi connectivity index (χ1) is 13.2. The summed E-state index contributed by atoms with van der Waals surface area (Å²) < 4.78 is 4.92. The van der Waals surface area contributed by atoms with Crippen LogP contribution < -0.4 is 5.32 Å². The minimum Gasteiger partial charge on any atom is -0.467 e. The second-order valence-electron chi connectivity index (χ2n) is 7.80. The van der Waals surface area contributed by atoms with Crippen LogP contribution in [0.2, 0.25) is 0 Å². The maximum atomic E-state index is 12.9. The predicted molar refractivity (Wildman–Crippen MR) is 111 cm³/mol. The van der Waals surface area contributed by atoms with E-state index in [0.717, 1.165) is 21.5 Å². The number of aromatic amines is 1. The van der Waals surface area contributed by atoms with Gasteiger partial charge >= 0.3 is 5.97 Å². The van der Waals surface area contributed by atoms with Crippen LogP contribution in [0.4, 0.5) is 0 Å². The van der Waals surface area contributed by atoms with E-state index < -0.39 is 12.0 Å². The highest BCUT2D eigenvalue weighted by atomic mass is 32.1. The van der Waals surface area contributed by atoms with Crippen molar-refractivity contribution in [3.05, 3.63) is 51.6 Å². The number of ether oxygens (including phenoxy) is 1. The number of benzene rings is 1. The van der Waals surface area contributed by atoms with Gasteiger partial charge in [-0.1, -0.05) is 39.0 Å². The minimum absolute atomic E-state index is 0.139. The number of thiazole rings is 1. The number of aryl methyl sites for hydroxylation is 1. The molecule has 1 atom stereocenters. The fourth-order valence-corrected chi connectivity index (χ4v) is 4.03. The molecule has 0 unspecified atom stereocenters. The summed E-state index contributed by atoms with van der Waals surface area (Å²) in [6, 6.07) is 7.07. The van der Waals surface area contributed by atoms with Crippen LogP contribution in [0.15, 0.2) is 30.5 Å². The number of fused-ring (bicyclic) bond motifs is 1. The summed E-state index contributed by atoms with van der Waals surface area (Å²) in [6.07, 6.45) is 2.20. The summed E-state index contributed by atoms with van der Waals surface area (Å²) in [6.45, 7) is 7.98. The Balaban J connectivity index is 1.84. The Bertz CT molecular complexity index is 1010. The highest BCUT2D eigenvalue weighted by Crippen LogP contribution is 2.29. The van der Waals surface area contributed by atoms with E-state index in [1.54, 1.807) is 0 Å². The molecule has 28 heavy (non-hydrogen) atoms. The number of hydrogen-bond acceptors (Lipinski definition) is 5. The topological polar surface area (TPSA) is 84.1 Å². The van der Waals surface area contributed by atoms with Gasteiger partial charge in [-0.25, -0.2) is 9.78 Å². The number of nitrogens with zero attached hydrogens (tertiary/aromatic N) is 1. The van der Waals surface area contributed by atoms with Crippen LogP contribution in [0.5, 0.6) is 0 Å². The summed E-state index contributed by atoms with van der Waals surface area (Å²) in [5.41, 5.74) is 2.46. The SMILES string of the molecule is COC(=O)[C@@H](Cc1c[nH]c2ccccc12)NC(=O)c1sc(C(C)(C)C)nc1C.